The molecule has 0 N–H and O–H groups in total. The summed E-state index contributed by atoms with van der Waals surface area (Å²) < 4.78 is 0. The van der Waals surface area contributed by atoms with Crippen LogP contribution in [-0.4, -0.2) is 11.9 Å². The molecule has 1 unspecified atom stereocenters. The van der Waals surface area contributed by atoms with Crippen molar-refractivity contribution < 1.29 is 4.79 Å². The van der Waals surface area contributed by atoms with E-state index in [0.29, 0.717) is 10.6 Å². The van der Waals surface area contributed by atoms with Crippen LogP contribution >= 0.6 is 11.6 Å². The van der Waals surface area contributed by atoms with Gasteiger partial charge in [0.25, 0.3) is 5.91 Å². The maximum Gasteiger partial charge on any atom is 0.259 e. The summed E-state index contributed by atoms with van der Waals surface area (Å²) in [4.78, 5) is 15.6. The third kappa shape index (κ3) is 3.41. The molecule has 4 rings (SSSR count). The second kappa shape index (κ2) is 7.42. The fourth-order valence-electron chi connectivity index (χ4n) is 3.64. The van der Waals surface area contributed by atoms with Gasteiger partial charge in [-0.2, -0.15) is 0 Å². The molecule has 0 spiro atoms. The van der Waals surface area contributed by atoms with E-state index < -0.39 is 0 Å². The van der Waals surface area contributed by atoms with Crippen molar-refractivity contribution in [1.29, 1.82) is 0 Å². The quantitative estimate of drug-likeness (QED) is 0.416. The second-order valence-corrected chi connectivity index (χ2v) is 7.21. The summed E-state index contributed by atoms with van der Waals surface area (Å²) in [6.45, 7) is 2.09. The highest BCUT2D eigenvalue weighted by Gasteiger charge is 2.32. The summed E-state index contributed by atoms with van der Waals surface area (Å²) in [6, 6.07) is 25.6. The zero-order valence-corrected chi connectivity index (χ0v) is 15.9. The van der Waals surface area contributed by atoms with Crippen LogP contribution in [0.5, 0.6) is 0 Å². The second-order valence-electron chi connectivity index (χ2n) is 6.80. The lowest BCUT2D eigenvalue weighted by Gasteiger charge is -2.24. The molecular formula is C24H20ClNO. The zero-order valence-electron chi connectivity index (χ0n) is 15.1. The Bertz CT molecular complexity index is 1010. The van der Waals surface area contributed by atoms with Gasteiger partial charge < -0.3 is 4.90 Å². The van der Waals surface area contributed by atoms with Gasteiger partial charge in [-0.25, -0.2) is 0 Å². The molecule has 0 fully saturated rings. The molecule has 27 heavy (non-hydrogen) atoms. The number of carbonyl (C=O) groups is 1. The first kappa shape index (κ1) is 17.6. The monoisotopic (exact) mass is 373 g/mol. The van der Waals surface area contributed by atoms with E-state index >= 15 is 0 Å². The predicted octanol–water partition coefficient (Wildman–Crippen LogP) is 5.86. The van der Waals surface area contributed by atoms with E-state index in [9.17, 15) is 4.79 Å². The molecule has 134 valence electrons. The van der Waals surface area contributed by atoms with Gasteiger partial charge in [0.1, 0.15) is 0 Å². The number of anilines is 1. The fraction of sp³-hybridized carbons (Fsp3) is 0.125. The van der Waals surface area contributed by atoms with E-state index in [2.05, 4.69) is 13.0 Å². The van der Waals surface area contributed by atoms with Gasteiger partial charge in [-0.15, -0.1) is 0 Å². The first-order valence-electron chi connectivity index (χ1n) is 9.08. The number of amides is 1. The number of carbonyl (C=O) groups excluding carboxylic acids is 1. The van der Waals surface area contributed by atoms with Crippen LogP contribution in [0.1, 0.15) is 23.6 Å². The van der Waals surface area contributed by atoms with Crippen LogP contribution in [0.2, 0.25) is 5.02 Å². The highest BCUT2D eigenvalue weighted by atomic mass is 35.5. The van der Waals surface area contributed by atoms with Crippen LogP contribution in [-0.2, 0) is 11.2 Å². The standard InChI is InChI=1S/C24H20ClNO/c1-17-15-20-12-6-8-14-23(20)26(17)24(27)21(18-9-3-2-4-10-18)16-19-11-5-7-13-22(19)25/h2-14,16-17H,15H2,1H3/b21-16+. The zero-order chi connectivity index (χ0) is 18.8. The molecule has 3 aromatic carbocycles. The van der Waals surface area contributed by atoms with Gasteiger partial charge in [0.05, 0.1) is 0 Å². The molecule has 1 amide bonds. The molecule has 0 radical (unpaired) electrons. The number of hydrogen-bond donors (Lipinski definition) is 0. The average Bonchev–Trinajstić information content (AvgIpc) is 3.03. The van der Waals surface area contributed by atoms with Crippen molar-refractivity contribution >= 4 is 34.8 Å². The number of rotatable bonds is 3. The highest BCUT2D eigenvalue weighted by molar-refractivity contribution is 6.34. The van der Waals surface area contributed by atoms with Crippen LogP contribution in [0.3, 0.4) is 0 Å². The largest absolute Gasteiger partial charge is 0.305 e. The molecule has 3 aromatic rings. The summed E-state index contributed by atoms with van der Waals surface area (Å²) in [5.74, 6) is -0.00132. The fourth-order valence-corrected chi connectivity index (χ4v) is 3.83. The third-order valence-corrected chi connectivity index (χ3v) is 5.29. The molecule has 0 aromatic heterocycles. The maximum atomic E-state index is 13.6. The number of nitrogens with zero attached hydrogens (tertiary/aromatic N) is 1. The molecule has 1 atom stereocenters. The van der Waals surface area contributed by atoms with Gasteiger partial charge in [-0.1, -0.05) is 78.3 Å². The van der Waals surface area contributed by atoms with E-state index in [1.54, 1.807) is 0 Å². The Morgan fingerprint density at radius 3 is 2.41 bits per heavy atom. The van der Waals surface area contributed by atoms with Crippen LogP contribution in [0.15, 0.2) is 78.9 Å². The van der Waals surface area contributed by atoms with Gasteiger partial charge in [-0.3, -0.25) is 4.79 Å². The molecule has 3 heteroatoms. The molecule has 0 aliphatic carbocycles. The number of hydrogen-bond acceptors (Lipinski definition) is 1. The minimum absolute atomic E-state index is 0.00132. The van der Waals surface area contributed by atoms with E-state index in [4.69, 9.17) is 11.6 Å². The SMILES string of the molecule is CC1Cc2ccccc2N1C(=O)/C(=C/c1ccccc1Cl)c1ccccc1. The summed E-state index contributed by atoms with van der Waals surface area (Å²) in [5.41, 5.74) is 4.58. The van der Waals surface area contributed by atoms with E-state index in [1.165, 1.54) is 5.56 Å². The Hall–Kier alpha value is -2.84. The Morgan fingerprint density at radius 1 is 0.963 bits per heavy atom. The van der Waals surface area contributed by atoms with Gasteiger partial charge in [-0.05, 0) is 48.2 Å². The first-order valence-corrected chi connectivity index (χ1v) is 9.46. The Kier molecular flexibility index (Phi) is 4.83. The van der Waals surface area contributed by atoms with Crippen molar-refractivity contribution in [2.45, 2.75) is 19.4 Å². The minimum atomic E-state index is -0.00132. The Morgan fingerprint density at radius 2 is 1.63 bits per heavy atom. The average molecular weight is 374 g/mol. The van der Waals surface area contributed by atoms with Crippen molar-refractivity contribution in [3.05, 3.63) is 101 Å². The van der Waals surface area contributed by atoms with Crippen LogP contribution in [0, 0.1) is 0 Å². The summed E-state index contributed by atoms with van der Waals surface area (Å²) in [7, 11) is 0. The smallest absolute Gasteiger partial charge is 0.259 e. The number of halogens is 1. The maximum absolute atomic E-state index is 13.6. The first-order chi connectivity index (χ1) is 13.1. The third-order valence-electron chi connectivity index (χ3n) is 4.95. The predicted molar refractivity (Wildman–Crippen MR) is 113 cm³/mol. The van der Waals surface area contributed by atoms with Crippen LogP contribution in [0.4, 0.5) is 5.69 Å². The van der Waals surface area contributed by atoms with E-state index in [1.807, 2.05) is 83.8 Å². The van der Waals surface area contributed by atoms with Crippen LogP contribution in [0.25, 0.3) is 11.6 Å². The summed E-state index contributed by atoms with van der Waals surface area (Å²) >= 11 is 6.36. The molecule has 2 nitrogen and oxygen atoms in total. The summed E-state index contributed by atoms with van der Waals surface area (Å²) in [5, 5.41) is 0.633. The summed E-state index contributed by atoms with van der Waals surface area (Å²) in [6.07, 6.45) is 2.77. The molecule has 1 aliphatic heterocycles. The lowest BCUT2D eigenvalue weighted by atomic mass is 10.0. The van der Waals surface area contributed by atoms with Gasteiger partial charge >= 0.3 is 0 Å². The van der Waals surface area contributed by atoms with Crippen LogP contribution < -0.4 is 4.90 Å². The van der Waals surface area contributed by atoms with Crippen molar-refractivity contribution in [2.75, 3.05) is 4.90 Å². The van der Waals surface area contributed by atoms with Gasteiger partial charge in [0.2, 0.25) is 0 Å². The molecular weight excluding hydrogens is 354 g/mol. The highest BCUT2D eigenvalue weighted by Crippen LogP contribution is 2.35. The lowest BCUT2D eigenvalue weighted by molar-refractivity contribution is -0.113. The normalized spacial score (nSPS) is 16.3. The molecule has 1 heterocycles. The molecule has 0 bridgehead atoms. The number of para-hydroxylation sites is 1. The van der Waals surface area contributed by atoms with E-state index in [-0.39, 0.29) is 11.9 Å². The minimum Gasteiger partial charge on any atom is -0.305 e. The van der Waals surface area contributed by atoms with Crippen molar-refractivity contribution in [1.82, 2.24) is 0 Å². The van der Waals surface area contributed by atoms with Crippen molar-refractivity contribution in [3.63, 3.8) is 0 Å². The molecule has 0 saturated heterocycles. The molecule has 1 aliphatic rings. The number of benzene rings is 3. The van der Waals surface area contributed by atoms with Gasteiger partial charge in [0.15, 0.2) is 0 Å². The van der Waals surface area contributed by atoms with Crippen molar-refractivity contribution in [3.8, 4) is 0 Å². The Balaban J connectivity index is 1.82. The molecule has 0 saturated carbocycles. The van der Waals surface area contributed by atoms with Gasteiger partial charge in [0, 0.05) is 22.3 Å². The topological polar surface area (TPSA) is 20.3 Å². The van der Waals surface area contributed by atoms with E-state index in [0.717, 1.165) is 23.2 Å². The lowest BCUT2D eigenvalue weighted by Crippen LogP contribution is -2.36. The van der Waals surface area contributed by atoms with Crippen molar-refractivity contribution in [2.24, 2.45) is 0 Å². The number of fused-ring (bicyclic) bond motifs is 1. The Labute approximate surface area is 164 Å².